The number of rotatable bonds is 7. The zero-order chi connectivity index (χ0) is 25.5. The van der Waals surface area contributed by atoms with Crippen LogP contribution >= 0.6 is 0 Å². The number of halogens is 3. The van der Waals surface area contributed by atoms with Gasteiger partial charge in [0.2, 0.25) is 0 Å². The normalized spacial score (nSPS) is 11.1. The van der Waals surface area contributed by atoms with Crippen LogP contribution in [0.4, 0.5) is 29.3 Å². The second-order valence-electron chi connectivity index (χ2n) is 8.35. The second-order valence-corrected chi connectivity index (χ2v) is 8.35. The number of amides is 2. The molecule has 0 heterocycles. The maximum absolute atomic E-state index is 13.2. The lowest BCUT2D eigenvalue weighted by Gasteiger charge is -2.24. The molecule has 4 aromatic carbocycles. The Hall–Kier alpha value is -4.26. The summed E-state index contributed by atoms with van der Waals surface area (Å²) in [7, 11) is 0. The van der Waals surface area contributed by atoms with Crippen molar-refractivity contribution in [3.8, 4) is 5.75 Å². The van der Waals surface area contributed by atoms with E-state index in [9.17, 15) is 18.0 Å². The number of anilines is 2. The lowest BCUT2D eigenvalue weighted by molar-refractivity contribution is -0.137. The van der Waals surface area contributed by atoms with E-state index in [0.29, 0.717) is 23.7 Å². The molecule has 4 nitrogen and oxygen atoms in total. The molecule has 184 valence electrons. The van der Waals surface area contributed by atoms with Gasteiger partial charge in [-0.1, -0.05) is 54.6 Å². The number of nitrogens with one attached hydrogen (secondary N) is 1. The van der Waals surface area contributed by atoms with Gasteiger partial charge in [-0.15, -0.1) is 0 Å². The molecule has 0 bridgehead atoms. The van der Waals surface area contributed by atoms with Crippen LogP contribution in [0.2, 0.25) is 0 Å². The van der Waals surface area contributed by atoms with Crippen molar-refractivity contribution in [2.75, 3.05) is 10.2 Å². The molecule has 7 heteroatoms. The van der Waals surface area contributed by atoms with Crippen molar-refractivity contribution in [3.05, 3.63) is 125 Å². The Kier molecular flexibility index (Phi) is 7.59. The van der Waals surface area contributed by atoms with E-state index in [2.05, 4.69) is 5.32 Å². The van der Waals surface area contributed by atoms with E-state index in [-0.39, 0.29) is 6.54 Å². The third-order valence-electron chi connectivity index (χ3n) is 5.53. The van der Waals surface area contributed by atoms with Gasteiger partial charge >= 0.3 is 12.2 Å². The average Bonchev–Trinajstić information content (AvgIpc) is 2.87. The molecule has 4 aromatic rings. The Morgan fingerprint density at radius 2 is 1.53 bits per heavy atom. The van der Waals surface area contributed by atoms with Gasteiger partial charge in [-0.2, -0.15) is 13.2 Å². The van der Waals surface area contributed by atoms with Crippen molar-refractivity contribution in [2.45, 2.75) is 26.3 Å². The van der Waals surface area contributed by atoms with Crippen LogP contribution in [-0.4, -0.2) is 6.03 Å². The number of carbonyl (C=O) groups is 1. The summed E-state index contributed by atoms with van der Waals surface area (Å²) < 4.78 is 45.0. The highest BCUT2D eigenvalue weighted by Crippen LogP contribution is 2.31. The van der Waals surface area contributed by atoms with Crippen LogP contribution in [0, 0.1) is 6.92 Å². The van der Waals surface area contributed by atoms with Crippen molar-refractivity contribution in [1.82, 2.24) is 0 Å². The number of hydrogen-bond acceptors (Lipinski definition) is 2. The Morgan fingerprint density at radius 3 is 2.17 bits per heavy atom. The van der Waals surface area contributed by atoms with Crippen LogP contribution in [0.3, 0.4) is 0 Å². The number of nitrogens with zero attached hydrogens (tertiary/aromatic N) is 1. The van der Waals surface area contributed by atoms with Crippen molar-refractivity contribution in [3.63, 3.8) is 0 Å². The van der Waals surface area contributed by atoms with Crippen molar-refractivity contribution in [1.29, 1.82) is 0 Å². The van der Waals surface area contributed by atoms with Gasteiger partial charge in [-0.05, 0) is 72.1 Å². The second kappa shape index (κ2) is 11.0. The average molecular weight is 491 g/mol. The van der Waals surface area contributed by atoms with Crippen molar-refractivity contribution >= 4 is 17.4 Å². The molecule has 0 aliphatic carbocycles. The van der Waals surface area contributed by atoms with E-state index in [1.54, 1.807) is 6.07 Å². The molecule has 2 amide bonds. The van der Waals surface area contributed by atoms with E-state index < -0.39 is 17.8 Å². The quantitative estimate of drug-likeness (QED) is 0.287. The Labute approximate surface area is 208 Å². The minimum atomic E-state index is -4.46. The van der Waals surface area contributed by atoms with Gasteiger partial charge in [-0.3, -0.25) is 4.90 Å². The maximum atomic E-state index is 13.2. The first-order valence-electron chi connectivity index (χ1n) is 11.4. The monoisotopic (exact) mass is 490 g/mol. The van der Waals surface area contributed by atoms with E-state index >= 15 is 0 Å². The van der Waals surface area contributed by atoms with E-state index in [1.165, 1.54) is 17.0 Å². The molecule has 0 aromatic heterocycles. The molecule has 36 heavy (non-hydrogen) atoms. The molecule has 1 N–H and O–H groups in total. The van der Waals surface area contributed by atoms with Crippen LogP contribution in [-0.2, 0) is 19.3 Å². The topological polar surface area (TPSA) is 41.6 Å². The first-order chi connectivity index (χ1) is 17.3. The van der Waals surface area contributed by atoms with E-state index in [4.69, 9.17) is 4.74 Å². The largest absolute Gasteiger partial charge is 0.489 e. The van der Waals surface area contributed by atoms with Crippen LogP contribution < -0.4 is 15.0 Å². The highest BCUT2D eigenvalue weighted by molar-refractivity contribution is 6.01. The van der Waals surface area contributed by atoms with Crippen molar-refractivity contribution < 1.29 is 22.7 Å². The summed E-state index contributed by atoms with van der Waals surface area (Å²) in [6, 6.07) is 28.5. The van der Waals surface area contributed by atoms with Crippen LogP contribution in [0.1, 0.15) is 22.3 Å². The van der Waals surface area contributed by atoms with E-state index in [0.717, 1.165) is 28.8 Å². The highest BCUT2D eigenvalue weighted by atomic mass is 19.4. The summed E-state index contributed by atoms with van der Waals surface area (Å²) in [6.07, 6.45) is -4.46. The SMILES string of the molecule is Cc1cccc(NC(=O)N(Cc2ccc(OCc3ccccc3)cc2)c2ccc(C(F)(F)F)cc2)c1. The smallest absolute Gasteiger partial charge is 0.416 e. The first kappa shape index (κ1) is 24.9. The van der Waals surface area contributed by atoms with Crippen LogP contribution in [0.15, 0.2) is 103 Å². The molecular weight excluding hydrogens is 465 g/mol. The molecule has 0 radical (unpaired) electrons. The summed E-state index contributed by atoms with van der Waals surface area (Å²) >= 11 is 0. The molecule has 0 saturated heterocycles. The fourth-order valence-corrected chi connectivity index (χ4v) is 3.64. The third-order valence-corrected chi connectivity index (χ3v) is 5.53. The zero-order valence-corrected chi connectivity index (χ0v) is 19.6. The fourth-order valence-electron chi connectivity index (χ4n) is 3.64. The zero-order valence-electron chi connectivity index (χ0n) is 19.6. The molecule has 0 fully saturated rings. The van der Waals surface area contributed by atoms with E-state index in [1.807, 2.05) is 79.7 Å². The predicted molar refractivity (Wildman–Crippen MR) is 135 cm³/mol. The lowest BCUT2D eigenvalue weighted by Crippen LogP contribution is -2.34. The van der Waals surface area contributed by atoms with Gasteiger partial charge in [0.05, 0.1) is 12.1 Å². The molecule has 0 atom stereocenters. The molecular formula is C29H25F3N2O2. The molecule has 0 spiro atoms. The highest BCUT2D eigenvalue weighted by Gasteiger charge is 2.30. The fraction of sp³-hybridized carbons (Fsp3) is 0.138. The Morgan fingerprint density at radius 1 is 0.833 bits per heavy atom. The van der Waals surface area contributed by atoms with Gasteiger partial charge in [-0.25, -0.2) is 4.79 Å². The number of ether oxygens (including phenoxy) is 1. The number of aryl methyl sites for hydroxylation is 1. The third kappa shape index (κ3) is 6.66. The molecule has 0 aliphatic heterocycles. The maximum Gasteiger partial charge on any atom is 0.416 e. The summed E-state index contributed by atoms with van der Waals surface area (Å²) in [5.74, 6) is 0.674. The number of hydrogen-bond donors (Lipinski definition) is 1. The summed E-state index contributed by atoms with van der Waals surface area (Å²) in [5.41, 5.74) is 2.98. The summed E-state index contributed by atoms with van der Waals surface area (Å²) in [4.78, 5) is 14.6. The number of urea groups is 1. The van der Waals surface area contributed by atoms with Crippen molar-refractivity contribution in [2.24, 2.45) is 0 Å². The van der Waals surface area contributed by atoms with Crippen LogP contribution in [0.5, 0.6) is 5.75 Å². The van der Waals surface area contributed by atoms with Gasteiger partial charge in [0.1, 0.15) is 12.4 Å². The summed E-state index contributed by atoms with van der Waals surface area (Å²) in [5, 5.41) is 2.84. The number of carbonyl (C=O) groups excluding carboxylic acids is 1. The number of alkyl halides is 3. The minimum Gasteiger partial charge on any atom is -0.489 e. The van der Waals surface area contributed by atoms with Gasteiger partial charge in [0.15, 0.2) is 0 Å². The molecule has 0 unspecified atom stereocenters. The van der Waals surface area contributed by atoms with Crippen LogP contribution in [0.25, 0.3) is 0 Å². The first-order valence-corrected chi connectivity index (χ1v) is 11.4. The number of benzene rings is 4. The Bertz CT molecular complexity index is 1290. The lowest BCUT2D eigenvalue weighted by atomic mass is 10.1. The van der Waals surface area contributed by atoms with Gasteiger partial charge in [0, 0.05) is 11.4 Å². The van der Waals surface area contributed by atoms with Gasteiger partial charge < -0.3 is 10.1 Å². The standard InChI is InChI=1S/C29H25F3N2O2/c1-21-6-5-9-25(18-21)33-28(35)34(26-14-12-24(13-15-26)29(30,31)32)19-22-10-16-27(17-11-22)36-20-23-7-3-2-4-8-23/h2-18H,19-20H2,1H3,(H,33,35). The predicted octanol–water partition coefficient (Wildman–Crippen LogP) is 7.83. The minimum absolute atomic E-state index is 0.155. The molecule has 4 rings (SSSR count). The molecule has 0 aliphatic rings. The molecule has 0 saturated carbocycles. The van der Waals surface area contributed by atoms with Gasteiger partial charge in [0.25, 0.3) is 0 Å². The summed E-state index contributed by atoms with van der Waals surface area (Å²) in [6.45, 7) is 2.49. The Balaban J connectivity index is 1.52.